The van der Waals surface area contributed by atoms with Crippen LogP contribution in [0.4, 0.5) is 17.5 Å². The molecule has 4 rings (SSSR count). The Hall–Kier alpha value is -4.27. The van der Waals surface area contributed by atoms with Gasteiger partial charge in [0.05, 0.1) is 23.3 Å². The summed E-state index contributed by atoms with van der Waals surface area (Å²) in [6, 6.07) is 12.8. The van der Waals surface area contributed by atoms with Gasteiger partial charge < -0.3 is 16.2 Å². The van der Waals surface area contributed by atoms with Gasteiger partial charge in [-0.3, -0.25) is 15.1 Å². The van der Waals surface area contributed by atoms with Crippen molar-refractivity contribution in [2.75, 3.05) is 18.6 Å². The third-order valence-electron chi connectivity index (χ3n) is 5.92. The zero-order chi connectivity index (χ0) is 24.5. The summed E-state index contributed by atoms with van der Waals surface area (Å²) < 4.78 is 5.21. The van der Waals surface area contributed by atoms with Crippen molar-refractivity contribution >= 4 is 23.7 Å². The quantitative estimate of drug-likeness (QED) is 0.398. The summed E-state index contributed by atoms with van der Waals surface area (Å²) in [5, 5.41) is 12.1. The van der Waals surface area contributed by atoms with E-state index in [0.717, 1.165) is 16.9 Å². The molecule has 34 heavy (non-hydrogen) atoms. The van der Waals surface area contributed by atoms with Crippen LogP contribution in [0.5, 0.6) is 5.75 Å². The number of ether oxygens (including phenoxy) is 1. The van der Waals surface area contributed by atoms with Gasteiger partial charge in [-0.15, -0.1) is 0 Å². The summed E-state index contributed by atoms with van der Waals surface area (Å²) in [5.74, 6) is 1.06. The fourth-order valence-corrected chi connectivity index (χ4v) is 4.26. The standard InChI is InChI=1S/C25H26N6O3/c1-4-20-22(23(26)30-24(27)29-20)17-7-10-19(21(12-17)31(32)33)25(2)13-16(14-28-25)11-15-5-8-18(34-3)9-6-15/h5-10,12-14H,4,11H2,1-3H3,(H4,26,27,29,30). The fraction of sp³-hybridized carbons (Fsp3) is 0.240. The molecule has 0 amide bonds. The number of aryl methyl sites for hydroxylation is 1. The number of nitrogens with two attached hydrogens (primary N) is 2. The summed E-state index contributed by atoms with van der Waals surface area (Å²) in [4.78, 5) is 24.6. The first-order chi connectivity index (χ1) is 16.2. The first-order valence-corrected chi connectivity index (χ1v) is 10.8. The highest BCUT2D eigenvalue weighted by Crippen LogP contribution is 2.41. The van der Waals surface area contributed by atoms with Crippen LogP contribution in [0.3, 0.4) is 0 Å². The van der Waals surface area contributed by atoms with Crippen molar-refractivity contribution < 1.29 is 9.66 Å². The molecule has 9 heteroatoms. The highest BCUT2D eigenvalue weighted by molar-refractivity contribution is 5.84. The largest absolute Gasteiger partial charge is 0.497 e. The van der Waals surface area contributed by atoms with E-state index in [-0.39, 0.29) is 17.5 Å². The maximum absolute atomic E-state index is 12.1. The van der Waals surface area contributed by atoms with E-state index in [4.69, 9.17) is 16.2 Å². The highest BCUT2D eigenvalue weighted by Gasteiger charge is 2.34. The first-order valence-electron chi connectivity index (χ1n) is 10.8. The topological polar surface area (TPSA) is 143 Å². The van der Waals surface area contributed by atoms with Crippen molar-refractivity contribution in [1.82, 2.24) is 9.97 Å². The zero-order valence-electron chi connectivity index (χ0n) is 19.3. The molecule has 1 aliphatic rings. The summed E-state index contributed by atoms with van der Waals surface area (Å²) in [6.07, 6.45) is 4.97. The van der Waals surface area contributed by atoms with Crippen molar-refractivity contribution in [3.63, 3.8) is 0 Å². The summed E-state index contributed by atoms with van der Waals surface area (Å²) >= 11 is 0. The van der Waals surface area contributed by atoms with Gasteiger partial charge in [-0.2, -0.15) is 4.98 Å². The Balaban J connectivity index is 1.71. The molecule has 0 radical (unpaired) electrons. The molecule has 0 saturated carbocycles. The first kappa shape index (κ1) is 22.9. The van der Waals surface area contributed by atoms with E-state index in [9.17, 15) is 10.1 Å². The third-order valence-corrected chi connectivity index (χ3v) is 5.92. The normalized spacial score (nSPS) is 17.0. The van der Waals surface area contributed by atoms with Gasteiger partial charge in [0.2, 0.25) is 5.95 Å². The van der Waals surface area contributed by atoms with E-state index in [2.05, 4.69) is 15.0 Å². The maximum Gasteiger partial charge on any atom is 0.275 e. The van der Waals surface area contributed by atoms with Crippen LogP contribution in [0.2, 0.25) is 0 Å². The molecule has 0 spiro atoms. The lowest BCUT2D eigenvalue weighted by molar-refractivity contribution is -0.385. The third kappa shape index (κ3) is 4.32. The van der Waals surface area contributed by atoms with Crippen LogP contribution >= 0.6 is 0 Å². The number of benzene rings is 2. The van der Waals surface area contributed by atoms with Crippen LogP contribution in [-0.4, -0.2) is 28.2 Å². The minimum Gasteiger partial charge on any atom is -0.497 e. The summed E-state index contributed by atoms with van der Waals surface area (Å²) in [6.45, 7) is 3.78. The molecular formula is C25H26N6O3. The average molecular weight is 459 g/mol. The summed E-state index contributed by atoms with van der Waals surface area (Å²) in [7, 11) is 1.63. The van der Waals surface area contributed by atoms with Crippen molar-refractivity contribution in [3.05, 3.63) is 81.0 Å². The summed E-state index contributed by atoms with van der Waals surface area (Å²) in [5.41, 5.74) is 15.3. The maximum atomic E-state index is 12.1. The van der Waals surface area contributed by atoms with Crippen LogP contribution in [0.15, 0.2) is 59.1 Å². The molecule has 1 aromatic heterocycles. The number of aromatic nitrogens is 2. The lowest BCUT2D eigenvalue weighted by atomic mass is 9.88. The molecule has 3 aromatic rings. The van der Waals surface area contributed by atoms with Gasteiger partial charge in [-0.25, -0.2) is 4.98 Å². The van der Waals surface area contributed by atoms with Crippen molar-refractivity contribution in [3.8, 4) is 16.9 Å². The Labute approximate surface area is 197 Å². The van der Waals surface area contributed by atoms with E-state index < -0.39 is 10.5 Å². The number of nitrogen functional groups attached to an aromatic ring is 2. The second-order valence-corrected chi connectivity index (χ2v) is 8.28. The number of allylic oxidation sites excluding steroid dienone is 1. The number of anilines is 2. The second kappa shape index (κ2) is 8.93. The Morgan fingerprint density at radius 1 is 1.12 bits per heavy atom. The van der Waals surface area contributed by atoms with Crippen molar-refractivity contribution in [1.29, 1.82) is 0 Å². The Kier molecular flexibility index (Phi) is 6.02. The predicted molar refractivity (Wildman–Crippen MR) is 133 cm³/mol. The van der Waals surface area contributed by atoms with Crippen LogP contribution in [0, 0.1) is 10.1 Å². The number of nitro benzene ring substituents is 1. The van der Waals surface area contributed by atoms with E-state index in [0.29, 0.717) is 35.2 Å². The van der Waals surface area contributed by atoms with Crippen LogP contribution in [0.25, 0.3) is 11.1 Å². The predicted octanol–water partition coefficient (Wildman–Crippen LogP) is 4.26. The Morgan fingerprint density at radius 3 is 2.50 bits per heavy atom. The molecule has 0 saturated heterocycles. The molecule has 0 bridgehead atoms. The molecule has 1 unspecified atom stereocenters. The van der Waals surface area contributed by atoms with Gasteiger partial charge in [0, 0.05) is 17.8 Å². The monoisotopic (exact) mass is 458 g/mol. The number of aliphatic imine (C=N–C) groups is 1. The number of hydrogen-bond donors (Lipinski definition) is 2. The van der Waals surface area contributed by atoms with E-state index >= 15 is 0 Å². The molecule has 9 nitrogen and oxygen atoms in total. The van der Waals surface area contributed by atoms with Gasteiger partial charge >= 0.3 is 0 Å². The fourth-order valence-electron chi connectivity index (χ4n) is 4.26. The molecule has 2 aromatic carbocycles. The van der Waals surface area contributed by atoms with E-state index in [1.165, 1.54) is 6.07 Å². The van der Waals surface area contributed by atoms with Gasteiger partial charge in [0.15, 0.2) is 0 Å². The number of rotatable bonds is 7. The van der Waals surface area contributed by atoms with Crippen LogP contribution in [0.1, 0.15) is 30.7 Å². The number of nitro groups is 1. The number of methoxy groups -OCH3 is 1. The van der Waals surface area contributed by atoms with E-state index in [1.807, 2.05) is 44.2 Å². The van der Waals surface area contributed by atoms with Crippen molar-refractivity contribution in [2.45, 2.75) is 32.2 Å². The molecule has 1 atom stereocenters. The molecule has 0 fully saturated rings. The number of nitrogens with zero attached hydrogens (tertiary/aromatic N) is 4. The number of hydrogen-bond acceptors (Lipinski definition) is 8. The highest BCUT2D eigenvalue weighted by atomic mass is 16.6. The lowest BCUT2D eigenvalue weighted by Gasteiger charge is -2.20. The lowest BCUT2D eigenvalue weighted by Crippen LogP contribution is -2.16. The van der Waals surface area contributed by atoms with Gasteiger partial charge in [0.25, 0.3) is 5.69 Å². The van der Waals surface area contributed by atoms with Gasteiger partial charge in [-0.1, -0.05) is 25.1 Å². The molecule has 2 heterocycles. The molecule has 174 valence electrons. The van der Waals surface area contributed by atoms with Gasteiger partial charge in [-0.05, 0) is 60.7 Å². The van der Waals surface area contributed by atoms with Crippen LogP contribution < -0.4 is 16.2 Å². The smallest absolute Gasteiger partial charge is 0.275 e. The van der Waals surface area contributed by atoms with E-state index in [1.54, 1.807) is 25.5 Å². The zero-order valence-corrected chi connectivity index (χ0v) is 19.3. The average Bonchev–Trinajstić information content (AvgIpc) is 3.20. The SMILES string of the molecule is CCc1nc(N)nc(N)c1-c1ccc(C2(C)C=C(Cc3ccc(OC)cc3)C=N2)c([N+](=O)[O-])c1. The molecule has 4 N–H and O–H groups in total. The molecule has 1 aliphatic heterocycles. The van der Waals surface area contributed by atoms with Gasteiger partial charge in [0.1, 0.15) is 17.1 Å². The minimum atomic E-state index is -0.862. The minimum absolute atomic E-state index is 0.0441. The Morgan fingerprint density at radius 2 is 1.85 bits per heavy atom. The second-order valence-electron chi connectivity index (χ2n) is 8.28. The van der Waals surface area contributed by atoms with Crippen molar-refractivity contribution in [2.24, 2.45) is 4.99 Å². The molecular weight excluding hydrogens is 432 g/mol. The molecule has 0 aliphatic carbocycles. The Bertz CT molecular complexity index is 1320. The van der Waals surface area contributed by atoms with Crippen LogP contribution in [-0.2, 0) is 18.4 Å².